The second-order valence-corrected chi connectivity index (χ2v) is 6.98. The highest BCUT2D eigenvalue weighted by molar-refractivity contribution is 5.90. The number of aromatic amines is 1. The number of carbonyl (C=O) groups excluding carboxylic acids is 2. The van der Waals surface area contributed by atoms with E-state index in [0.29, 0.717) is 12.8 Å². The van der Waals surface area contributed by atoms with Crippen LogP contribution in [0.3, 0.4) is 0 Å². The van der Waals surface area contributed by atoms with Crippen molar-refractivity contribution in [1.82, 2.24) is 15.6 Å². The Bertz CT molecular complexity index is 815. The standard InChI is InChI=1S/C19H26N4O4/c1-11(2)7-16(19(26)27)23-17(24)10-22-18(25)14(20)8-12-9-21-15-6-4-3-5-13(12)15/h3-6,9,11,14,16,21H,7-8,10,20H2,1-2H3,(H,22,25)(H,23,24)(H,26,27). The number of nitrogens with one attached hydrogen (secondary N) is 3. The number of hydrogen-bond donors (Lipinski definition) is 5. The third-order valence-electron chi connectivity index (χ3n) is 4.22. The lowest BCUT2D eigenvalue weighted by Gasteiger charge is -2.17. The van der Waals surface area contributed by atoms with Crippen LogP contribution in [-0.2, 0) is 20.8 Å². The van der Waals surface area contributed by atoms with Gasteiger partial charge in [0.15, 0.2) is 0 Å². The molecule has 0 fully saturated rings. The average Bonchev–Trinajstić information content (AvgIpc) is 3.01. The average molecular weight is 374 g/mol. The van der Waals surface area contributed by atoms with Crippen molar-refractivity contribution >= 4 is 28.7 Å². The van der Waals surface area contributed by atoms with Crippen LogP contribution in [-0.4, -0.2) is 46.5 Å². The third kappa shape index (κ3) is 5.82. The van der Waals surface area contributed by atoms with Gasteiger partial charge in [-0.2, -0.15) is 0 Å². The third-order valence-corrected chi connectivity index (χ3v) is 4.22. The Morgan fingerprint density at radius 3 is 2.59 bits per heavy atom. The molecule has 2 unspecified atom stereocenters. The number of hydrogen-bond acceptors (Lipinski definition) is 4. The first kappa shape index (κ1) is 20.4. The molecule has 8 heteroatoms. The fourth-order valence-corrected chi connectivity index (χ4v) is 2.87. The quantitative estimate of drug-likeness (QED) is 0.441. The fourth-order valence-electron chi connectivity index (χ4n) is 2.87. The lowest BCUT2D eigenvalue weighted by atomic mass is 10.0. The minimum absolute atomic E-state index is 0.116. The van der Waals surface area contributed by atoms with Gasteiger partial charge in [0.2, 0.25) is 11.8 Å². The fraction of sp³-hybridized carbons (Fsp3) is 0.421. The van der Waals surface area contributed by atoms with Crippen LogP contribution in [0.15, 0.2) is 30.5 Å². The predicted molar refractivity (Wildman–Crippen MR) is 102 cm³/mol. The van der Waals surface area contributed by atoms with E-state index in [1.165, 1.54) is 0 Å². The van der Waals surface area contributed by atoms with Gasteiger partial charge >= 0.3 is 5.97 Å². The summed E-state index contributed by atoms with van der Waals surface area (Å²) in [5, 5.41) is 15.0. The number of para-hydroxylation sites is 1. The number of carboxylic acids is 1. The van der Waals surface area contributed by atoms with E-state index in [0.717, 1.165) is 16.5 Å². The highest BCUT2D eigenvalue weighted by Crippen LogP contribution is 2.18. The van der Waals surface area contributed by atoms with Crippen LogP contribution in [0.1, 0.15) is 25.8 Å². The molecule has 1 aromatic heterocycles. The summed E-state index contributed by atoms with van der Waals surface area (Å²) in [5.74, 6) is -2.01. The van der Waals surface area contributed by atoms with E-state index in [-0.39, 0.29) is 12.5 Å². The Balaban J connectivity index is 1.85. The Labute approximate surface area is 157 Å². The van der Waals surface area contributed by atoms with Crippen molar-refractivity contribution < 1.29 is 19.5 Å². The molecule has 2 rings (SSSR count). The summed E-state index contributed by atoms with van der Waals surface area (Å²) in [6.45, 7) is 3.42. The summed E-state index contributed by atoms with van der Waals surface area (Å²) < 4.78 is 0. The zero-order valence-electron chi connectivity index (χ0n) is 15.5. The summed E-state index contributed by atoms with van der Waals surface area (Å²) >= 11 is 0. The highest BCUT2D eigenvalue weighted by Gasteiger charge is 2.22. The molecule has 2 atom stereocenters. The van der Waals surface area contributed by atoms with Gasteiger partial charge in [0.25, 0.3) is 0 Å². The molecule has 1 aromatic carbocycles. The van der Waals surface area contributed by atoms with Crippen LogP contribution in [0.4, 0.5) is 0 Å². The zero-order chi connectivity index (χ0) is 20.0. The largest absolute Gasteiger partial charge is 0.480 e. The minimum atomic E-state index is -1.10. The first-order valence-electron chi connectivity index (χ1n) is 8.88. The van der Waals surface area contributed by atoms with Gasteiger partial charge < -0.3 is 26.5 Å². The van der Waals surface area contributed by atoms with E-state index in [1.54, 1.807) is 0 Å². The lowest BCUT2D eigenvalue weighted by Crippen LogP contribution is -2.49. The molecule has 27 heavy (non-hydrogen) atoms. The van der Waals surface area contributed by atoms with Crippen molar-refractivity contribution in [3.8, 4) is 0 Å². The van der Waals surface area contributed by atoms with Gasteiger partial charge in [-0.15, -0.1) is 0 Å². The Morgan fingerprint density at radius 2 is 1.93 bits per heavy atom. The van der Waals surface area contributed by atoms with E-state index in [9.17, 15) is 14.4 Å². The maximum absolute atomic E-state index is 12.2. The molecule has 146 valence electrons. The second-order valence-electron chi connectivity index (χ2n) is 6.98. The maximum atomic E-state index is 12.2. The molecule has 0 aliphatic heterocycles. The monoisotopic (exact) mass is 374 g/mol. The Hall–Kier alpha value is -2.87. The lowest BCUT2D eigenvalue weighted by molar-refractivity contribution is -0.142. The molecule has 0 aliphatic rings. The van der Waals surface area contributed by atoms with Gasteiger partial charge in [0.1, 0.15) is 6.04 Å². The number of H-pyrrole nitrogens is 1. The first-order chi connectivity index (χ1) is 12.8. The molecular weight excluding hydrogens is 348 g/mol. The molecule has 8 nitrogen and oxygen atoms in total. The Kier molecular flexibility index (Phi) is 6.95. The molecule has 0 saturated heterocycles. The van der Waals surface area contributed by atoms with E-state index >= 15 is 0 Å². The molecule has 6 N–H and O–H groups in total. The number of carbonyl (C=O) groups is 3. The van der Waals surface area contributed by atoms with E-state index in [4.69, 9.17) is 10.8 Å². The topological polar surface area (TPSA) is 137 Å². The number of amides is 2. The number of aliphatic carboxylic acids is 1. The van der Waals surface area contributed by atoms with Crippen molar-refractivity contribution in [3.05, 3.63) is 36.0 Å². The number of carboxylic acid groups (broad SMARTS) is 1. The summed E-state index contributed by atoms with van der Waals surface area (Å²) in [4.78, 5) is 38.4. The molecule has 0 aliphatic carbocycles. The molecule has 0 spiro atoms. The molecule has 2 aromatic rings. The molecule has 0 saturated carbocycles. The first-order valence-corrected chi connectivity index (χ1v) is 8.88. The number of nitrogens with two attached hydrogens (primary N) is 1. The summed E-state index contributed by atoms with van der Waals surface area (Å²) in [5.41, 5.74) is 7.83. The molecule has 0 bridgehead atoms. The van der Waals surface area contributed by atoms with Crippen LogP contribution >= 0.6 is 0 Å². The van der Waals surface area contributed by atoms with Crippen LogP contribution in [0.25, 0.3) is 10.9 Å². The van der Waals surface area contributed by atoms with E-state index in [1.807, 2.05) is 44.3 Å². The number of aromatic nitrogens is 1. The van der Waals surface area contributed by atoms with Gasteiger partial charge in [-0.25, -0.2) is 4.79 Å². The predicted octanol–water partition coefficient (Wildman–Crippen LogP) is 0.769. The zero-order valence-corrected chi connectivity index (χ0v) is 15.5. The summed E-state index contributed by atoms with van der Waals surface area (Å²) in [6, 6.07) is 5.91. The van der Waals surface area contributed by atoms with Crippen molar-refractivity contribution in [2.75, 3.05) is 6.54 Å². The number of rotatable bonds is 9. The van der Waals surface area contributed by atoms with E-state index < -0.39 is 29.9 Å². The molecule has 1 heterocycles. The molecular formula is C19H26N4O4. The maximum Gasteiger partial charge on any atom is 0.326 e. The van der Waals surface area contributed by atoms with Gasteiger partial charge in [-0.1, -0.05) is 32.0 Å². The van der Waals surface area contributed by atoms with Crippen molar-refractivity contribution in [2.24, 2.45) is 11.7 Å². The highest BCUT2D eigenvalue weighted by atomic mass is 16.4. The molecule has 2 amide bonds. The second kappa shape index (κ2) is 9.18. The normalized spacial score (nSPS) is 13.3. The Morgan fingerprint density at radius 1 is 1.22 bits per heavy atom. The van der Waals surface area contributed by atoms with Crippen molar-refractivity contribution in [2.45, 2.75) is 38.8 Å². The smallest absolute Gasteiger partial charge is 0.326 e. The van der Waals surface area contributed by atoms with Gasteiger partial charge in [-0.3, -0.25) is 9.59 Å². The molecule has 0 radical (unpaired) electrons. The van der Waals surface area contributed by atoms with Crippen LogP contribution in [0, 0.1) is 5.92 Å². The number of fused-ring (bicyclic) bond motifs is 1. The van der Waals surface area contributed by atoms with Gasteiger partial charge in [0.05, 0.1) is 12.6 Å². The van der Waals surface area contributed by atoms with Gasteiger partial charge in [0, 0.05) is 17.1 Å². The van der Waals surface area contributed by atoms with Crippen LogP contribution in [0.2, 0.25) is 0 Å². The van der Waals surface area contributed by atoms with E-state index in [2.05, 4.69) is 15.6 Å². The van der Waals surface area contributed by atoms with Crippen LogP contribution < -0.4 is 16.4 Å². The van der Waals surface area contributed by atoms with Gasteiger partial charge in [-0.05, 0) is 30.4 Å². The number of benzene rings is 1. The van der Waals surface area contributed by atoms with Crippen molar-refractivity contribution in [3.63, 3.8) is 0 Å². The minimum Gasteiger partial charge on any atom is -0.480 e. The summed E-state index contributed by atoms with van der Waals surface area (Å²) in [6.07, 6.45) is 2.45. The SMILES string of the molecule is CC(C)CC(NC(=O)CNC(=O)C(N)Cc1c[nH]c2ccccc12)C(=O)O. The van der Waals surface area contributed by atoms with Crippen LogP contribution in [0.5, 0.6) is 0 Å². The summed E-state index contributed by atoms with van der Waals surface area (Å²) in [7, 11) is 0. The van der Waals surface area contributed by atoms with Crippen molar-refractivity contribution in [1.29, 1.82) is 0 Å².